The Bertz CT molecular complexity index is 657. The molecule has 0 aliphatic rings. The van der Waals surface area contributed by atoms with Gasteiger partial charge in [0, 0.05) is 29.4 Å². The van der Waals surface area contributed by atoms with Gasteiger partial charge in [-0.25, -0.2) is 0 Å². The Balaban J connectivity index is 2.09. The Morgan fingerprint density at radius 3 is 2.74 bits per heavy atom. The standard InChI is InChI=1S/C18H26N2O2S/c1-13-10-16(17(22)19-12-18(3,4)7-8-21)14(2)20(13)11-15-6-5-9-23-15/h5-6,9-10,21H,7-8,11-12H2,1-4H3,(H,19,22). The molecule has 0 aromatic carbocycles. The summed E-state index contributed by atoms with van der Waals surface area (Å²) in [5.74, 6) is -0.0402. The van der Waals surface area contributed by atoms with Gasteiger partial charge in [-0.3, -0.25) is 4.79 Å². The number of rotatable bonds is 7. The third-order valence-corrected chi connectivity index (χ3v) is 5.09. The van der Waals surface area contributed by atoms with Crippen LogP contribution in [0.2, 0.25) is 0 Å². The van der Waals surface area contributed by atoms with Crippen LogP contribution in [0.3, 0.4) is 0 Å². The minimum absolute atomic E-state index is 0.0402. The van der Waals surface area contributed by atoms with Crippen molar-refractivity contribution in [1.82, 2.24) is 9.88 Å². The van der Waals surface area contributed by atoms with Crippen LogP contribution in [0.4, 0.5) is 0 Å². The first kappa shape index (κ1) is 17.8. The molecule has 0 aliphatic carbocycles. The van der Waals surface area contributed by atoms with Gasteiger partial charge < -0.3 is 15.0 Å². The van der Waals surface area contributed by atoms with Gasteiger partial charge in [0.25, 0.3) is 5.91 Å². The van der Waals surface area contributed by atoms with E-state index in [0.29, 0.717) is 13.0 Å². The van der Waals surface area contributed by atoms with Gasteiger partial charge in [-0.15, -0.1) is 11.3 Å². The number of thiophene rings is 1. The third-order valence-electron chi connectivity index (χ3n) is 4.23. The van der Waals surface area contributed by atoms with Crippen LogP contribution < -0.4 is 5.32 Å². The highest BCUT2D eigenvalue weighted by molar-refractivity contribution is 7.09. The highest BCUT2D eigenvalue weighted by Gasteiger charge is 2.21. The molecule has 0 spiro atoms. The van der Waals surface area contributed by atoms with E-state index >= 15 is 0 Å². The van der Waals surface area contributed by atoms with Crippen molar-refractivity contribution in [2.24, 2.45) is 5.41 Å². The monoisotopic (exact) mass is 334 g/mol. The molecule has 0 unspecified atom stereocenters. The van der Waals surface area contributed by atoms with E-state index in [-0.39, 0.29) is 17.9 Å². The Morgan fingerprint density at radius 2 is 2.13 bits per heavy atom. The van der Waals surface area contributed by atoms with Gasteiger partial charge in [0.2, 0.25) is 0 Å². The normalized spacial score (nSPS) is 11.7. The van der Waals surface area contributed by atoms with Gasteiger partial charge in [-0.05, 0) is 43.2 Å². The number of carbonyl (C=O) groups is 1. The number of hydrogen-bond donors (Lipinski definition) is 2. The number of aryl methyl sites for hydroxylation is 1. The van der Waals surface area contributed by atoms with Crippen molar-refractivity contribution in [2.45, 2.75) is 40.7 Å². The second kappa shape index (κ2) is 7.32. The van der Waals surface area contributed by atoms with Crippen LogP contribution in [0, 0.1) is 19.3 Å². The van der Waals surface area contributed by atoms with Crippen molar-refractivity contribution >= 4 is 17.2 Å². The van der Waals surface area contributed by atoms with Crippen molar-refractivity contribution in [1.29, 1.82) is 0 Å². The van der Waals surface area contributed by atoms with Crippen molar-refractivity contribution in [2.75, 3.05) is 13.2 Å². The zero-order valence-corrected chi connectivity index (χ0v) is 15.2. The van der Waals surface area contributed by atoms with Gasteiger partial charge >= 0.3 is 0 Å². The number of aliphatic hydroxyl groups is 1. The highest BCUT2D eigenvalue weighted by atomic mass is 32.1. The highest BCUT2D eigenvalue weighted by Crippen LogP contribution is 2.21. The summed E-state index contributed by atoms with van der Waals surface area (Å²) in [6, 6.07) is 6.11. The molecule has 0 radical (unpaired) electrons. The summed E-state index contributed by atoms with van der Waals surface area (Å²) in [5.41, 5.74) is 2.72. The van der Waals surface area contributed by atoms with Crippen LogP contribution in [0.15, 0.2) is 23.6 Å². The molecule has 23 heavy (non-hydrogen) atoms. The van der Waals surface area contributed by atoms with Gasteiger partial charge in [-0.1, -0.05) is 19.9 Å². The molecule has 0 saturated heterocycles. The first-order valence-corrected chi connectivity index (χ1v) is 8.80. The Hall–Kier alpha value is -1.59. The molecule has 0 aliphatic heterocycles. The second-order valence-electron chi connectivity index (χ2n) is 6.77. The molecule has 0 bridgehead atoms. The maximum Gasteiger partial charge on any atom is 0.253 e. The van der Waals surface area contributed by atoms with E-state index in [9.17, 15) is 4.79 Å². The lowest BCUT2D eigenvalue weighted by Gasteiger charge is -2.23. The van der Waals surface area contributed by atoms with Gasteiger partial charge in [0.05, 0.1) is 12.1 Å². The molecule has 5 heteroatoms. The van der Waals surface area contributed by atoms with E-state index in [0.717, 1.165) is 23.5 Å². The molecule has 2 aromatic rings. The van der Waals surface area contributed by atoms with Crippen molar-refractivity contribution in [3.63, 3.8) is 0 Å². The van der Waals surface area contributed by atoms with Crippen LogP contribution in [-0.4, -0.2) is 28.7 Å². The minimum Gasteiger partial charge on any atom is -0.396 e. The first-order chi connectivity index (χ1) is 10.8. The van der Waals surface area contributed by atoms with Crippen LogP contribution in [0.5, 0.6) is 0 Å². The molecule has 2 rings (SSSR count). The lowest BCUT2D eigenvalue weighted by Crippen LogP contribution is -2.34. The zero-order valence-electron chi connectivity index (χ0n) is 14.3. The van der Waals surface area contributed by atoms with Gasteiger partial charge in [-0.2, -0.15) is 0 Å². The second-order valence-corrected chi connectivity index (χ2v) is 7.80. The summed E-state index contributed by atoms with van der Waals surface area (Å²) in [4.78, 5) is 13.8. The summed E-state index contributed by atoms with van der Waals surface area (Å²) < 4.78 is 2.18. The van der Waals surface area contributed by atoms with E-state index < -0.39 is 0 Å². The molecule has 126 valence electrons. The van der Waals surface area contributed by atoms with Gasteiger partial charge in [0.1, 0.15) is 0 Å². The largest absolute Gasteiger partial charge is 0.396 e. The first-order valence-electron chi connectivity index (χ1n) is 7.92. The Kier molecular flexibility index (Phi) is 5.65. The molecule has 2 aromatic heterocycles. The van der Waals surface area contributed by atoms with E-state index in [1.54, 1.807) is 11.3 Å². The van der Waals surface area contributed by atoms with E-state index in [4.69, 9.17) is 5.11 Å². The summed E-state index contributed by atoms with van der Waals surface area (Å²) in [6.07, 6.45) is 0.671. The fraction of sp³-hybridized carbons (Fsp3) is 0.500. The SMILES string of the molecule is Cc1cc(C(=O)NCC(C)(C)CCO)c(C)n1Cc1cccs1. The average Bonchev–Trinajstić information content (AvgIpc) is 3.08. The van der Waals surface area contributed by atoms with E-state index in [1.165, 1.54) is 4.88 Å². The number of amides is 1. The quantitative estimate of drug-likeness (QED) is 0.816. The molecule has 1 amide bonds. The van der Waals surface area contributed by atoms with E-state index in [1.807, 2.05) is 39.8 Å². The number of hydrogen-bond acceptors (Lipinski definition) is 3. The molecule has 2 N–H and O–H groups in total. The van der Waals surface area contributed by atoms with Crippen molar-refractivity contribution in [3.8, 4) is 0 Å². The molecule has 4 nitrogen and oxygen atoms in total. The van der Waals surface area contributed by atoms with Gasteiger partial charge in [0.15, 0.2) is 0 Å². The molecular formula is C18H26N2O2S. The number of aromatic nitrogens is 1. The van der Waals surface area contributed by atoms with Crippen LogP contribution in [0.25, 0.3) is 0 Å². The molecule has 0 saturated carbocycles. The number of nitrogens with zero attached hydrogens (tertiary/aromatic N) is 1. The van der Waals surface area contributed by atoms with Crippen LogP contribution >= 0.6 is 11.3 Å². The predicted molar refractivity (Wildman–Crippen MR) is 95.1 cm³/mol. The number of carbonyl (C=O) groups excluding carboxylic acids is 1. The number of aliphatic hydroxyl groups excluding tert-OH is 1. The summed E-state index contributed by atoms with van der Waals surface area (Å²) in [5, 5.41) is 14.1. The van der Waals surface area contributed by atoms with Crippen LogP contribution in [-0.2, 0) is 6.54 Å². The lowest BCUT2D eigenvalue weighted by molar-refractivity contribution is 0.0927. The Labute approximate surface area is 142 Å². The maximum absolute atomic E-state index is 12.5. The molecular weight excluding hydrogens is 308 g/mol. The molecule has 0 atom stereocenters. The van der Waals surface area contributed by atoms with Crippen molar-refractivity contribution < 1.29 is 9.90 Å². The Morgan fingerprint density at radius 1 is 1.39 bits per heavy atom. The number of nitrogens with one attached hydrogen (secondary N) is 1. The lowest BCUT2D eigenvalue weighted by atomic mass is 9.89. The summed E-state index contributed by atoms with van der Waals surface area (Å²) in [6.45, 7) is 9.62. The molecule has 0 fully saturated rings. The van der Waals surface area contributed by atoms with Crippen molar-refractivity contribution in [3.05, 3.63) is 45.4 Å². The third kappa shape index (κ3) is 4.45. The fourth-order valence-electron chi connectivity index (χ4n) is 2.64. The maximum atomic E-state index is 12.5. The molecule has 2 heterocycles. The average molecular weight is 334 g/mol. The minimum atomic E-state index is -0.104. The fourth-order valence-corrected chi connectivity index (χ4v) is 3.33. The topological polar surface area (TPSA) is 54.3 Å². The zero-order chi connectivity index (χ0) is 17.0. The summed E-state index contributed by atoms with van der Waals surface area (Å²) in [7, 11) is 0. The summed E-state index contributed by atoms with van der Waals surface area (Å²) >= 11 is 1.73. The smallest absolute Gasteiger partial charge is 0.253 e. The predicted octanol–water partition coefficient (Wildman–Crippen LogP) is 3.35. The van der Waals surface area contributed by atoms with Crippen LogP contribution in [0.1, 0.15) is 46.9 Å². The van der Waals surface area contributed by atoms with E-state index in [2.05, 4.69) is 21.3 Å².